The quantitative estimate of drug-likeness (QED) is 0.901. The molecule has 0 saturated carbocycles. The summed E-state index contributed by atoms with van der Waals surface area (Å²) in [5.74, 6) is -1.72. The van der Waals surface area contributed by atoms with Gasteiger partial charge in [-0.3, -0.25) is 9.59 Å². The summed E-state index contributed by atoms with van der Waals surface area (Å²) in [5, 5.41) is 9.37. The van der Waals surface area contributed by atoms with Crippen LogP contribution in [-0.4, -0.2) is 41.1 Å². The summed E-state index contributed by atoms with van der Waals surface area (Å²) in [4.78, 5) is 25.2. The Morgan fingerprint density at radius 3 is 2.81 bits per heavy atom. The van der Waals surface area contributed by atoms with Crippen molar-refractivity contribution in [2.75, 3.05) is 13.2 Å². The average molecular weight is 291 g/mol. The van der Waals surface area contributed by atoms with Crippen LogP contribution in [0.25, 0.3) is 0 Å². The van der Waals surface area contributed by atoms with Crippen molar-refractivity contribution in [1.29, 1.82) is 0 Å². The Hall–Kier alpha value is -1.88. The van der Waals surface area contributed by atoms with Crippen molar-refractivity contribution in [2.45, 2.75) is 38.8 Å². The number of amides is 1. The minimum atomic E-state index is -0.900. The monoisotopic (exact) mass is 291 g/mol. The number of carbonyl (C=O) groups excluding carboxylic acids is 1. The zero-order valence-electron chi connectivity index (χ0n) is 12.4. The first-order valence-electron chi connectivity index (χ1n) is 7.23. The Bertz CT molecular complexity index is 529. The molecule has 0 saturated heterocycles. The maximum absolute atomic E-state index is 12.2. The molecule has 1 aromatic rings. The van der Waals surface area contributed by atoms with Gasteiger partial charge in [0.2, 0.25) is 5.91 Å². The minimum absolute atomic E-state index is 0.00348. The smallest absolute Gasteiger partial charge is 0.312 e. The van der Waals surface area contributed by atoms with E-state index in [1.54, 1.807) is 4.90 Å². The van der Waals surface area contributed by atoms with Crippen LogP contribution in [0.15, 0.2) is 24.3 Å². The summed E-state index contributed by atoms with van der Waals surface area (Å²) in [5.41, 5.74) is 1.70. The summed E-state index contributed by atoms with van der Waals surface area (Å²) in [6.07, 6.45) is 0.870. The van der Waals surface area contributed by atoms with Crippen molar-refractivity contribution in [3.8, 4) is 0 Å². The summed E-state index contributed by atoms with van der Waals surface area (Å²) in [6, 6.07) is 7.39. The molecule has 1 aliphatic heterocycles. The number of hydrogen-bond donors (Lipinski definition) is 1. The molecule has 1 aromatic carbocycles. The summed E-state index contributed by atoms with van der Waals surface area (Å²) < 4.78 is 5.45. The predicted molar refractivity (Wildman–Crippen MR) is 77.9 cm³/mol. The number of carboxylic acid groups (broad SMARTS) is 1. The Balaban J connectivity index is 2.10. The lowest BCUT2D eigenvalue weighted by Gasteiger charge is -2.33. The molecule has 1 amide bonds. The van der Waals surface area contributed by atoms with E-state index in [1.807, 2.05) is 38.1 Å². The largest absolute Gasteiger partial charge is 0.481 e. The number of ether oxygens (including phenoxy) is 1. The number of fused-ring (bicyclic) bond motifs is 1. The van der Waals surface area contributed by atoms with E-state index >= 15 is 0 Å². The Morgan fingerprint density at radius 2 is 2.14 bits per heavy atom. The number of aliphatic carboxylic acids is 1. The summed E-state index contributed by atoms with van der Waals surface area (Å²) in [6.45, 7) is 4.56. The van der Waals surface area contributed by atoms with Crippen LogP contribution in [0.5, 0.6) is 0 Å². The second kappa shape index (κ2) is 6.72. The number of rotatable bonds is 5. The highest BCUT2D eigenvalue weighted by atomic mass is 16.5. The zero-order valence-corrected chi connectivity index (χ0v) is 12.4. The number of carbonyl (C=O) groups is 2. The molecule has 2 unspecified atom stereocenters. The van der Waals surface area contributed by atoms with Gasteiger partial charge < -0.3 is 14.7 Å². The van der Waals surface area contributed by atoms with Crippen LogP contribution < -0.4 is 0 Å². The highest BCUT2D eigenvalue weighted by Gasteiger charge is 2.32. The molecular formula is C16H21NO4. The maximum Gasteiger partial charge on any atom is 0.312 e. The molecule has 21 heavy (non-hydrogen) atoms. The minimum Gasteiger partial charge on any atom is -0.481 e. The first-order valence-corrected chi connectivity index (χ1v) is 7.23. The molecular weight excluding hydrogens is 270 g/mol. The van der Waals surface area contributed by atoms with Gasteiger partial charge in [0.1, 0.15) is 6.61 Å². The number of benzene rings is 1. The fraction of sp³-hybridized carbons (Fsp3) is 0.500. The van der Waals surface area contributed by atoms with E-state index in [-0.39, 0.29) is 25.2 Å². The van der Waals surface area contributed by atoms with Gasteiger partial charge >= 0.3 is 5.97 Å². The first-order chi connectivity index (χ1) is 10.0. The van der Waals surface area contributed by atoms with E-state index in [1.165, 1.54) is 0 Å². The van der Waals surface area contributed by atoms with Crippen molar-refractivity contribution < 1.29 is 19.4 Å². The van der Waals surface area contributed by atoms with Crippen LogP contribution in [-0.2, 0) is 20.9 Å². The lowest BCUT2D eigenvalue weighted by atomic mass is 9.90. The second-order valence-electron chi connectivity index (χ2n) is 5.39. The normalized spacial score (nSPS) is 19.0. The van der Waals surface area contributed by atoms with Gasteiger partial charge in [0.15, 0.2) is 0 Å². The van der Waals surface area contributed by atoms with Crippen molar-refractivity contribution in [2.24, 2.45) is 0 Å². The van der Waals surface area contributed by atoms with Crippen LogP contribution in [0.1, 0.15) is 37.3 Å². The molecule has 1 aliphatic rings. The molecule has 0 bridgehead atoms. The highest BCUT2D eigenvalue weighted by molar-refractivity contribution is 5.82. The highest BCUT2D eigenvalue weighted by Crippen LogP contribution is 2.28. The predicted octanol–water partition coefficient (Wildman–Crippen LogP) is 2.01. The molecule has 114 valence electrons. The van der Waals surface area contributed by atoms with E-state index in [9.17, 15) is 14.7 Å². The van der Waals surface area contributed by atoms with Crippen LogP contribution >= 0.6 is 0 Å². The van der Waals surface area contributed by atoms with E-state index in [2.05, 4.69) is 0 Å². The van der Waals surface area contributed by atoms with Crippen LogP contribution in [0.2, 0.25) is 0 Å². The molecule has 0 fully saturated rings. The molecule has 0 aliphatic carbocycles. The van der Waals surface area contributed by atoms with Crippen molar-refractivity contribution >= 4 is 11.9 Å². The van der Waals surface area contributed by atoms with Crippen molar-refractivity contribution in [3.05, 3.63) is 35.4 Å². The van der Waals surface area contributed by atoms with E-state index in [0.717, 1.165) is 17.5 Å². The standard InChI is InChI=1S/C16H21NO4/c1-3-11(2)21-10-15(18)17-8-12-6-4-5-7-13(12)14(9-17)16(19)20/h4-7,11,14H,3,8-10H2,1-2H3,(H,19,20). The van der Waals surface area contributed by atoms with Gasteiger partial charge in [-0.25, -0.2) is 0 Å². The van der Waals surface area contributed by atoms with Crippen LogP contribution in [0.4, 0.5) is 0 Å². The Morgan fingerprint density at radius 1 is 1.43 bits per heavy atom. The van der Waals surface area contributed by atoms with Gasteiger partial charge in [0, 0.05) is 13.1 Å². The molecule has 2 atom stereocenters. The number of nitrogens with zero attached hydrogens (tertiary/aromatic N) is 1. The maximum atomic E-state index is 12.2. The fourth-order valence-corrected chi connectivity index (χ4v) is 2.43. The molecule has 2 rings (SSSR count). The van der Waals surface area contributed by atoms with Gasteiger partial charge in [0.05, 0.1) is 12.0 Å². The van der Waals surface area contributed by atoms with E-state index < -0.39 is 11.9 Å². The summed E-state index contributed by atoms with van der Waals surface area (Å²) >= 11 is 0. The first kappa shape index (κ1) is 15.5. The third kappa shape index (κ3) is 3.61. The SMILES string of the molecule is CCC(C)OCC(=O)N1Cc2ccccc2C(C(=O)O)C1. The Labute approximate surface area is 124 Å². The van der Waals surface area contributed by atoms with Crippen LogP contribution in [0, 0.1) is 0 Å². The number of carboxylic acids is 1. The molecule has 1 N–H and O–H groups in total. The fourth-order valence-electron chi connectivity index (χ4n) is 2.43. The Kier molecular flexibility index (Phi) is 4.96. The van der Waals surface area contributed by atoms with Crippen LogP contribution in [0.3, 0.4) is 0 Å². The van der Waals surface area contributed by atoms with Gasteiger partial charge in [-0.05, 0) is 24.5 Å². The lowest BCUT2D eigenvalue weighted by Crippen LogP contribution is -2.42. The molecule has 1 heterocycles. The lowest BCUT2D eigenvalue weighted by molar-refractivity contribution is -0.143. The average Bonchev–Trinajstić information content (AvgIpc) is 2.50. The van der Waals surface area contributed by atoms with Gasteiger partial charge in [-0.15, -0.1) is 0 Å². The van der Waals surface area contributed by atoms with Gasteiger partial charge in [-0.1, -0.05) is 31.2 Å². The number of hydrogen-bond acceptors (Lipinski definition) is 3. The molecule has 0 radical (unpaired) electrons. The third-order valence-electron chi connectivity index (χ3n) is 3.91. The summed E-state index contributed by atoms with van der Waals surface area (Å²) in [7, 11) is 0. The zero-order chi connectivity index (χ0) is 15.4. The van der Waals surface area contributed by atoms with E-state index in [0.29, 0.717) is 6.54 Å². The van der Waals surface area contributed by atoms with Gasteiger partial charge in [-0.2, -0.15) is 0 Å². The molecule has 0 aromatic heterocycles. The molecule has 5 heteroatoms. The van der Waals surface area contributed by atoms with Gasteiger partial charge in [0.25, 0.3) is 0 Å². The topological polar surface area (TPSA) is 66.8 Å². The molecule has 0 spiro atoms. The third-order valence-corrected chi connectivity index (χ3v) is 3.91. The van der Waals surface area contributed by atoms with Crippen molar-refractivity contribution in [1.82, 2.24) is 4.90 Å². The second-order valence-corrected chi connectivity index (χ2v) is 5.39. The van der Waals surface area contributed by atoms with Crippen molar-refractivity contribution in [3.63, 3.8) is 0 Å². The molecule has 5 nitrogen and oxygen atoms in total. The van der Waals surface area contributed by atoms with E-state index in [4.69, 9.17) is 4.74 Å².